The molecule has 2 N–H and O–H groups in total. The number of carbonyl (C=O) groups excluding carboxylic acids is 2. The topological polar surface area (TPSA) is 99.4 Å². The van der Waals surface area contributed by atoms with Gasteiger partial charge in [0, 0.05) is 0 Å². The normalized spacial score (nSPS) is 16.2. The highest BCUT2D eigenvalue weighted by molar-refractivity contribution is 5.91. The lowest BCUT2D eigenvalue weighted by Crippen LogP contribution is -2.48. The van der Waals surface area contributed by atoms with Gasteiger partial charge < -0.3 is 15.2 Å². The van der Waals surface area contributed by atoms with E-state index in [9.17, 15) is 9.59 Å². The third-order valence-electron chi connectivity index (χ3n) is 3.73. The Labute approximate surface area is 128 Å². The molecule has 0 aliphatic heterocycles. The Hall–Kier alpha value is -2.39. The largest absolute Gasteiger partial charge is 0.452 e. The van der Waals surface area contributed by atoms with Crippen LogP contribution in [-0.4, -0.2) is 29.1 Å². The van der Waals surface area contributed by atoms with Gasteiger partial charge in [-0.1, -0.05) is 12.1 Å². The van der Waals surface area contributed by atoms with Crippen LogP contribution >= 0.6 is 0 Å². The number of amides is 1. The fourth-order valence-corrected chi connectivity index (χ4v) is 2.17. The SMILES string of the molecule is C[C@](C#N)(NC(=O)COC(=O)c1ccc(CO)cc1)C1CC1. The minimum Gasteiger partial charge on any atom is -0.452 e. The number of hydrogen-bond acceptors (Lipinski definition) is 5. The zero-order valence-electron chi connectivity index (χ0n) is 12.3. The molecule has 1 aromatic carbocycles. The van der Waals surface area contributed by atoms with E-state index in [-0.39, 0.29) is 12.5 Å². The number of nitriles is 1. The van der Waals surface area contributed by atoms with Crippen molar-refractivity contribution in [2.75, 3.05) is 6.61 Å². The Bertz CT molecular complexity index is 602. The van der Waals surface area contributed by atoms with Crippen LogP contribution in [0.2, 0.25) is 0 Å². The van der Waals surface area contributed by atoms with Gasteiger partial charge in [0.1, 0.15) is 5.54 Å². The van der Waals surface area contributed by atoms with E-state index in [0.29, 0.717) is 11.1 Å². The summed E-state index contributed by atoms with van der Waals surface area (Å²) in [7, 11) is 0. The second kappa shape index (κ2) is 6.58. The van der Waals surface area contributed by atoms with Crippen LogP contribution in [0.3, 0.4) is 0 Å². The van der Waals surface area contributed by atoms with E-state index in [2.05, 4.69) is 11.4 Å². The van der Waals surface area contributed by atoms with Crippen LogP contribution in [0.25, 0.3) is 0 Å². The molecule has 116 valence electrons. The zero-order chi connectivity index (χ0) is 16.2. The fourth-order valence-electron chi connectivity index (χ4n) is 2.17. The molecule has 1 amide bonds. The van der Waals surface area contributed by atoms with Gasteiger partial charge in [-0.15, -0.1) is 0 Å². The van der Waals surface area contributed by atoms with Crippen molar-refractivity contribution < 1.29 is 19.4 Å². The van der Waals surface area contributed by atoms with Gasteiger partial charge in [-0.3, -0.25) is 4.79 Å². The van der Waals surface area contributed by atoms with E-state index in [1.807, 2.05) is 0 Å². The van der Waals surface area contributed by atoms with Crippen molar-refractivity contribution in [1.29, 1.82) is 5.26 Å². The number of rotatable bonds is 6. The molecule has 0 bridgehead atoms. The number of aliphatic hydroxyl groups is 1. The summed E-state index contributed by atoms with van der Waals surface area (Å²) in [6, 6.07) is 8.37. The van der Waals surface area contributed by atoms with Gasteiger partial charge in [-0.05, 0) is 43.4 Å². The molecule has 6 nitrogen and oxygen atoms in total. The highest BCUT2D eigenvalue weighted by Crippen LogP contribution is 2.39. The van der Waals surface area contributed by atoms with Crippen molar-refractivity contribution in [2.24, 2.45) is 5.92 Å². The average Bonchev–Trinajstić information content (AvgIpc) is 3.38. The highest BCUT2D eigenvalue weighted by atomic mass is 16.5. The van der Waals surface area contributed by atoms with Crippen LogP contribution < -0.4 is 5.32 Å². The smallest absolute Gasteiger partial charge is 0.338 e. The van der Waals surface area contributed by atoms with Crippen molar-refractivity contribution >= 4 is 11.9 Å². The van der Waals surface area contributed by atoms with Crippen LogP contribution in [0, 0.1) is 17.2 Å². The lowest BCUT2D eigenvalue weighted by atomic mass is 9.98. The second-order valence-electron chi connectivity index (χ2n) is 5.57. The molecule has 1 fully saturated rings. The van der Waals surface area contributed by atoms with Crippen LogP contribution in [0.5, 0.6) is 0 Å². The fraction of sp³-hybridized carbons (Fsp3) is 0.438. The van der Waals surface area contributed by atoms with Gasteiger partial charge in [0.25, 0.3) is 5.91 Å². The predicted molar refractivity (Wildman–Crippen MR) is 77.5 cm³/mol. The summed E-state index contributed by atoms with van der Waals surface area (Å²) >= 11 is 0. The van der Waals surface area contributed by atoms with E-state index >= 15 is 0 Å². The molecule has 0 aromatic heterocycles. The molecule has 0 spiro atoms. The van der Waals surface area contributed by atoms with Gasteiger partial charge in [0.15, 0.2) is 6.61 Å². The number of nitrogens with zero attached hydrogens (tertiary/aromatic N) is 1. The van der Waals surface area contributed by atoms with E-state index in [0.717, 1.165) is 12.8 Å². The number of benzene rings is 1. The second-order valence-corrected chi connectivity index (χ2v) is 5.57. The standard InChI is InChI=1S/C16H18N2O4/c1-16(10-17,13-6-7-13)18-14(20)9-22-15(21)12-4-2-11(8-19)3-5-12/h2-5,13,19H,6-9H2,1H3,(H,18,20)/t16-/m1/s1. The first kappa shape index (κ1) is 16.0. The number of ether oxygens (including phenoxy) is 1. The molecule has 0 heterocycles. The van der Waals surface area contributed by atoms with E-state index in [1.54, 1.807) is 19.1 Å². The Balaban J connectivity index is 1.85. The molecule has 6 heteroatoms. The van der Waals surface area contributed by atoms with Gasteiger partial charge in [0.05, 0.1) is 18.2 Å². The number of hydrogen-bond donors (Lipinski definition) is 2. The Morgan fingerprint density at radius 1 is 1.41 bits per heavy atom. The summed E-state index contributed by atoms with van der Waals surface area (Å²) in [5.41, 5.74) is 0.0884. The van der Waals surface area contributed by atoms with Crippen LogP contribution in [0.4, 0.5) is 0 Å². The number of aliphatic hydroxyl groups excluding tert-OH is 1. The molecule has 1 aliphatic rings. The van der Waals surface area contributed by atoms with E-state index in [1.165, 1.54) is 12.1 Å². The first-order valence-corrected chi connectivity index (χ1v) is 7.07. The molecule has 22 heavy (non-hydrogen) atoms. The minimum atomic E-state index is -0.897. The summed E-state index contributed by atoms with van der Waals surface area (Å²) in [4.78, 5) is 23.6. The van der Waals surface area contributed by atoms with Crippen molar-refractivity contribution in [3.63, 3.8) is 0 Å². The van der Waals surface area contributed by atoms with Crippen LogP contribution in [0.15, 0.2) is 24.3 Å². The van der Waals surface area contributed by atoms with Gasteiger partial charge in [0.2, 0.25) is 0 Å². The molecule has 2 rings (SSSR count). The predicted octanol–water partition coefficient (Wildman–Crippen LogP) is 1.14. The maximum atomic E-state index is 11.8. The summed E-state index contributed by atoms with van der Waals surface area (Å²) in [5, 5.41) is 20.7. The molecule has 0 saturated heterocycles. The maximum Gasteiger partial charge on any atom is 0.338 e. The van der Waals surface area contributed by atoms with Crippen LogP contribution in [-0.2, 0) is 16.1 Å². The Morgan fingerprint density at radius 3 is 2.55 bits per heavy atom. The lowest BCUT2D eigenvalue weighted by Gasteiger charge is -2.22. The first-order valence-electron chi connectivity index (χ1n) is 7.07. The van der Waals surface area contributed by atoms with E-state index in [4.69, 9.17) is 15.1 Å². The molecule has 0 radical (unpaired) electrons. The summed E-state index contributed by atoms with van der Waals surface area (Å²) < 4.78 is 4.93. The van der Waals surface area contributed by atoms with Crippen molar-refractivity contribution in [2.45, 2.75) is 31.9 Å². The van der Waals surface area contributed by atoms with Gasteiger partial charge >= 0.3 is 5.97 Å². The molecule has 1 atom stereocenters. The third kappa shape index (κ3) is 3.83. The molecule has 1 aliphatic carbocycles. The quantitative estimate of drug-likeness (QED) is 0.768. The summed E-state index contributed by atoms with van der Waals surface area (Å²) in [6.07, 6.45) is 1.84. The van der Waals surface area contributed by atoms with Gasteiger partial charge in [-0.2, -0.15) is 5.26 Å². The summed E-state index contributed by atoms with van der Waals surface area (Å²) in [5.74, 6) is -0.941. The highest BCUT2D eigenvalue weighted by Gasteiger charge is 2.43. The summed E-state index contributed by atoms with van der Waals surface area (Å²) in [6.45, 7) is 1.15. The molecule has 0 unspecified atom stereocenters. The van der Waals surface area contributed by atoms with E-state index < -0.39 is 24.0 Å². The number of carbonyl (C=O) groups is 2. The maximum absolute atomic E-state index is 11.8. The molecular formula is C16H18N2O4. The first-order chi connectivity index (χ1) is 10.5. The molecular weight excluding hydrogens is 284 g/mol. The average molecular weight is 302 g/mol. The number of esters is 1. The van der Waals surface area contributed by atoms with Crippen molar-refractivity contribution in [1.82, 2.24) is 5.32 Å². The zero-order valence-corrected chi connectivity index (χ0v) is 12.3. The number of nitrogens with one attached hydrogen (secondary N) is 1. The lowest BCUT2D eigenvalue weighted by molar-refractivity contribution is -0.125. The van der Waals surface area contributed by atoms with Crippen molar-refractivity contribution in [3.8, 4) is 6.07 Å². The Kier molecular flexibility index (Phi) is 4.78. The van der Waals surface area contributed by atoms with Gasteiger partial charge in [-0.25, -0.2) is 4.79 Å². The minimum absolute atomic E-state index is 0.106. The third-order valence-corrected chi connectivity index (χ3v) is 3.73. The molecule has 1 saturated carbocycles. The van der Waals surface area contributed by atoms with Crippen LogP contribution in [0.1, 0.15) is 35.7 Å². The Morgan fingerprint density at radius 2 is 2.05 bits per heavy atom. The molecule has 1 aromatic rings. The monoisotopic (exact) mass is 302 g/mol. The van der Waals surface area contributed by atoms with Crippen molar-refractivity contribution in [3.05, 3.63) is 35.4 Å².